The number of carbonyl (C=O) groups excluding carboxylic acids is 1. The third-order valence-corrected chi connectivity index (χ3v) is 3.49. The van der Waals surface area contributed by atoms with Crippen LogP contribution in [-0.2, 0) is 0 Å². The van der Waals surface area contributed by atoms with E-state index < -0.39 is 23.7 Å². The zero-order chi connectivity index (χ0) is 12.6. The van der Waals surface area contributed by atoms with Gasteiger partial charge in [-0.3, -0.25) is 4.79 Å². The van der Waals surface area contributed by atoms with Gasteiger partial charge in [0, 0.05) is 16.2 Å². The minimum atomic E-state index is -1.05. The van der Waals surface area contributed by atoms with Crippen LogP contribution in [0.5, 0.6) is 0 Å². The average Bonchev–Trinajstić information content (AvgIpc) is 2.69. The summed E-state index contributed by atoms with van der Waals surface area (Å²) < 4.78 is 39.6. The standard InChI is InChI=1S/C11H9F3INO/c12-6-1-2-16(5-6)11(17)7-3-10(15)9(14)4-8(7)13/h3-4,6H,1-2,5H2/t6-/m1/s1. The summed E-state index contributed by atoms with van der Waals surface area (Å²) in [7, 11) is 0. The molecule has 1 amide bonds. The molecule has 0 bridgehead atoms. The maximum atomic E-state index is 13.4. The fraction of sp³-hybridized carbons (Fsp3) is 0.364. The highest BCUT2D eigenvalue weighted by Crippen LogP contribution is 2.21. The molecule has 0 saturated carbocycles. The van der Waals surface area contributed by atoms with Crippen molar-refractivity contribution in [2.24, 2.45) is 0 Å². The van der Waals surface area contributed by atoms with E-state index in [-0.39, 0.29) is 28.6 Å². The fourth-order valence-electron chi connectivity index (χ4n) is 1.76. The van der Waals surface area contributed by atoms with Crippen LogP contribution in [-0.4, -0.2) is 30.1 Å². The highest BCUT2D eigenvalue weighted by atomic mass is 127. The number of halogens is 4. The molecule has 0 N–H and O–H groups in total. The first-order valence-electron chi connectivity index (χ1n) is 5.07. The Hall–Kier alpha value is -0.790. The summed E-state index contributed by atoms with van der Waals surface area (Å²) in [5, 5.41) is 0. The molecule has 1 aromatic carbocycles. The largest absolute Gasteiger partial charge is 0.336 e. The maximum absolute atomic E-state index is 13.4. The Bertz CT molecular complexity index is 466. The Labute approximate surface area is 110 Å². The third-order valence-electron chi connectivity index (χ3n) is 2.66. The molecular weight excluding hydrogens is 346 g/mol. The zero-order valence-corrected chi connectivity index (χ0v) is 10.9. The van der Waals surface area contributed by atoms with E-state index in [0.717, 1.165) is 6.07 Å². The molecule has 1 saturated heterocycles. The molecule has 0 spiro atoms. The minimum absolute atomic E-state index is 0.0216. The van der Waals surface area contributed by atoms with Gasteiger partial charge in [-0.2, -0.15) is 0 Å². The highest BCUT2D eigenvalue weighted by molar-refractivity contribution is 14.1. The molecule has 0 aliphatic carbocycles. The average molecular weight is 355 g/mol. The predicted molar refractivity (Wildman–Crippen MR) is 64.5 cm³/mol. The van der Waals surface area contributed by atoms with E-state index >= 15 is 0 Å². The van der Waals surface area contributed by atoms with Crippen LogP contribution in [0.25, 0.3) is 0 Å². The SMILES string of the molecule is O=C(c1cc(I)c(F)cc1F)N1CC[C@@H](F)C1. The number of rotatable bonds is 1. The molecule has 92 valence electrons. The van der Waals surface area contributed by atoms with E-state index in [9.17, 15) is 18.0 Å². The summed E-state index contributed by atoms with van der Waals surface area (Å²) in [6.45, 7) is 0.250. The Balaban J connectivity index is 2.28. The molecule has 1 aliphatic heterocycles. The van der Waals surface area contributed by atoms with Gasteiger partial charge in [0.15, 0.2) is 0 Å². The molecule has 1 aliphatic rings. The van der Waals surface area contributed by atoms with Gasteiger partial charge in [-0.15, -0.1) is 0 Å². The van der Waals surface area contributed by atoms with E-state index in [1.54, 1.807) is 22.6 Å². The molecule has 1 heterocycles. The van der Waals surface area contributed by atoms with E-state index in [1.165, 1.54) is 4.90 Å². The third kappa shape index (κ3) is 2.56. The van der Waals surface area contributed by atoms with Crippen LogP contribution in [0.15, 0.2) is 12.1 Å². The quantitative estimate of drug-likeness (QED) is 0.561. The van der Waals surface area contributed by atoms with Gasteiger partial charge in [0.2, 0.25) is 0 Å². The van der Waals surface area contributed by atoms with E-state index in [2.05, 4.69) is 0 Å². The monoisotopic (exact) mass is 355 g/mol. The van der Waals surface area contributed by atoms with Gasteiger partial charge in [-0.05, 0) is 35.1 Å². The number of nitrogens with zero attached hydrogens (tertiary/aromatic N) is 1. The lowest BCUT2D eigenvalue weighted by Crippen LogP contribution is -2.29. The second-order valence-electron chi connectivity index (χ2n) is 3.88. The van der Waals surface area contributed by atoms with Crippen molar-refractivity contribution in [2.75, 3.05) is 13.1 Å². The summed E-state index contributed by atoms with van der Waals surface area (Å²) in [6.07, 6.45) is -0.785. The van der Waals surface area contributed by atoms with Gasteiger partial charge in [-0.1, -0.05) is 0 Å². The number of hydrogen-bond donors (Lipinski definition) is 0. The van der Waals surface area contributed by atoms with E-state index in [0.29, 0.717) is 6.07 Å². The van der Waals surface area contributed by atoms with Crippen molar-refractivity contribution < 1.29 is 18.0 Å². The summed E-state index contributed by atoms with van der Waals surface area (Å²) in [5.41, 5.74) is -0.204. The summed E-state index contributed by atoms with van der Waals surface area (Å²) >= 11 is 1.68. The van der Waals surface area contributed by atoms with Gasteiger partial charge in [-0.25, -0.2) is 13.2 Å². The molecule has 2 rings (SSSR count). The van der Waals surface area contributed by atoms with Gasteiger partial charge in [0.1, 0.15) is 17.8 Å². The van der Waals surface area contributed by atoms with Crippen LogP contribution in [0.1, 0.15) is 16.8 Å². The normalized spacial score (nSPS) is 19.8. The topological polar surface area (TPSA) is 20.3 Å². The Morgan fingerprint density at radius 2 is 2.06 bits per heavy atom. The van der Waals surface area contributed by atoms with Crippen molar-refractivity contribution in [1.82, 2.24) is 4.90 Å². The molecular formula is C11H9F3INO. The summed E-state index contributed by atoms with van der Waals surface area (Å²) in [6, 6.07) is 1.83. The molecule has 17 heavy (non-hydrogen) atoms. The maximum Gasteiger partial charge on any atom is 0.256 e. The van der Waals surface area contributed by atoms with Crippen LogP contribution >= 0.6 is 22.6 Å². The molecule has 2 nitrogen and oxygen atoms in total. The molecule has 1 fully saturated rings. The number of likely N-dealkylation sites (tertiary alicyclic amines) is 1. The lowest BCUT2D eigenvalue weighted by atomic mass is 10.2. The van der Waals surface area contributed by atoms with Crippen molar-refractivity contribution in [3.05, 3.63) is 32.9 Å². The predicted octanol–water partition coefficient (Wildman–Crippen LogP) is 2.75. The van der Waals surface area contributed by atoms with Crippen LogP contribution in [0, 0.1) is 15.2 Å². The molecule has 0 radical (unpaired) electrons. The number of alkyl halides is 1. The molecule has 1 aromatic rings. The van der Waals surface area contributed by atoms with Crippen LogP contribution in [0.4, 0.5) is 13.2 Å². The van der Waals surface area contributed by atoms with E-state index in [4.69, 9.17) is 0 Å². The van der Waals surface area contributed by atoms with Crippen molar-refractivity contribution in [2.45, 2.75) is 12.6 Å². The molecule has 6 heteroatoms. The molecule has 1 atom stereocenters. The van der Waals surface area contributed by atoms with Crippen LogP contribution < -0.4 is 0 Å². The van der Waals surface area contributed by atoms with Gasteiger partial charge >= 0.3 is 0 Å². The second-order valence-corrected chi connectivity index (χ2v) is 5.05. The van der Waals surface area contributed by atoms with Crippen molar-refractivity contribution >= 4 is 28.5 Å². The van der Waals surface area contributed by atoms with Crippen LogP contribution in [0.3, 0.4) is 0 Å². The Morgan fingerprint density at radius 1 is 1.35 bits per heavy atom. The number of hydrogen-bond acceptors (Lipinski definition) is 1. The van der Waals surface area contributed by atoms with Crippen molar-refractivity contribution in [3.8, 4) is 0 Å². The van der Waals surface area contributed by atoms with Crippen molar-refractivity contribution in [3.63, 3.8) is 0 Å². The zero-order valence-electron chi connectivity index (χ0n) is 8.72. The molecule has 0 aromatic heterocycles. The summed E-state index contributed by atoms with van der Waals surface area (Å²) in [4.78, 5) is 13.1. The molecule has 0 unspecified atom stereocenters. The number of carbonyl (C=O) groups is 1. The van der Waals surface area contributed by atoms with E-state index in [1.807, 2.05) is 0 Å². The van der Waals surface area contributed by atoms with Gasteiger partial charge in [0.25, 0.3) is 5.91 Å². The lowest BCUT2D eigenvalue weighted by molar-refractivity contribution is 0.0778. The van der Waals surface area contributed by atoms with Crippen LogP contribution in [0.2, 0.25) is 0 Å². The minimum Gasteiger partial charge on any atom is -0.336 e. The van der Waals surface area contributed by atoms with Crippen molar-refractivity contribution in [1.29, 1.82) is 0 Å². The van der Waals surface area contributed by atoms with Gasteiger partial charge in [0.05, 0.1) is 12.1 Å². The Kier molecular flexibility index (Phi) is 3.60. The smallest absolute Gasteiger partial charge is 0.256 e. The van der Waals surface area contributed by atoms with Gasteiger partial charge < -0.3 is 4.90 Å². The second kappa shape index (κ2) is 4.83. The lowest BCUT2D eigenvalue weighted by Gasteiger charge is -2.15. The Morgan fingerprint density at radius 3 is 2.65 bits per heavy atom. The first kappa shape index (κ1) is 12.7. The number of benzene rings is 1. The first-order chi connectivity index (χ1) is 7.99. The number of amides is 1. The summed E-state index contributed by atoms with van der Waals surface area (Å²) in [5.74, 6) is -2.19. The highest BCUT2D eigenvalue weighted by Gasteiger charge is 2.28. The fourth-order valence-corrected chi connectivity index (χ4v) is 2.23. The first-order valence-corrected chi connectivity index (χ1v) is 6.15.